The number of hydrogen-bond donors (Lipinski definition) is 1. The molecule has 0 atom stereocenters. The van der Waals surface area contributed by atoms with E-state index in [4.69, 9.17) is 9.47 Å². The Morgan fingerprint density at radius 2 is 1.71 bits per heavy atom. The lowest BCUT2D eigenvalue weighted by molar-refractivity contribution is -0.125. The van der Waals surface area contributed by atoms with Crippen molar-refractivity contribution in [3.8, 4) is 0 Å². The normalized spacial score (nSPS) is 21.8. The highest BCUT2D eigenvalue weighted by Crippen LogP contribution is 2.33. The molecule has 2 aliphatic heterocycles. The molecule has 10 heteroatoms. The molecule has 2 saturated heterocycles. The maximum absolute atomic E-state index is 12.8. The second-order valence-electron chi connectivity index (χ2n) is 9.38. The van der Waals surface area contributed by atoms with Gasteiger partial charge in [-0.15, -0.1) is 0 Å². The number of sulfonamides is 1. The number of rotatable bonds is 8. The largest absolute Gasteiger partial charge is 0.452 e. The Bertz CT molecular complexity index is 965. The molecule has 1 aromatic rings. The highest BCUT2D eigenvalue weighted by atomic mass is 32.2. The number of hydrogen-bond acceptors (Lipinski definition) is 7. The molecule has 0 aromatic heterocycles. The Hall–Kier alpha value is -2.01. The average molecular weight is 494 g/mol. The van der Waals surface area contributed by atoms with Gasteiger partial charge >= 0.3 is 5.97 Å². The molecule has 2 heterocycles. The Balaban J connectivity index is 1.32. The van der Waals surface area contributed by atoms with Crippen LogP contribution in [0, 0.1) is 0 Å². The summed E-state index contributed by atoms with van der Waals surface area (Å²) in [6.45, 7) is 4.24. The predicted molar refractivity (Wildman–Crippen MR) is 126 cm³/mol. The van der Waals surface area contributed by atoms with Crippen molar-refractivity contribution in [2.75, 3.05) is 52.5 Å². The van der Waals surface area contributed by atoms with E-state index in [0.717, 1.165) is 51.6 Å². The van der Waals surface area contributed by atoms with Gasteiger partial charge < -0.3 is 14.8 Å². The molecule has 1 aromatic carbocycles. The fourth-order valence-corrected chi connectivity index (χ4v) is 6.81. The van der Waals surface area contributed by atoms with Gasteiger partial charge in [-0.05, 0) is 43.9 Å². The molecule has 9 nitrogen and oxygen atoms in total. The summed E-state index contributed by atoms with van der Waals surface area (Å²) >= 11 is 0. The van der Waals surface area contributed by atoms with Gasteiger partial charge in [0.1, 0.15) is 0 Å². The lowest BCUT2D eigenvalue weighted by Crippen LogP contribution is -2.59. The second kappa shape index (κ2) is 11.2. The standard InChI is InChI=1S/C24H35N3O6S/c28-22(25-19-24(9-2-1-3-10-24)26-13-15-32-16-14-26)18-33-23(29)20-7-6-8-21(17-20)34(30,31)27-11-4-5-12-27/h6-8,17H,1-5,9-16,18-19H2,(H,25,28). The van der Waals surface area contributed by atoms with Crippen LogP contribution in [0.1, 0.15) is 55.3 Å². The van der Waals surface area contributed by atoms with Crippen LogP contribution < -0.4 is 5.32 Å². The quantitative estimate of drug-likeness (QED) is 0.551. The maximum Gasteiger partial charge on any atom is 0.338 e. The van der Waals surface area contributed by atoms with Crippen molar-refractivity contribution >= 4 is 21.9 Å². The van der Waals surface area contributed by atoms with Gasteiger partial charge in [0.2, 0.25) is 10.0 Å². The van der Waals surface area contributed by atoms with E-state index >= 15 is 0 Å². The Morgan fingerprint density at radius 1 is 1.00 bits per heavy atom. The smallest absolute Gasteiger partial charge is 0.338 e. The third-order valence-corrected chi connectivity index (χ3v) is 9.08. The fraction of sp³-hybridized carbons (Fsp3) is 0.667. The zero-order valence-corrected chi connectivity index (χ0v) is 20.5. The molecule has 1 saturated carbocycles. The number of ether oxygens (including phenoxy) is 2. The first-order chi connectivity index (χ1) is 16.4. The predicted octanol–water partition coefficient (Wildman–Crippen LogP) is 1.78. The van der Waals surface area contributed by atoms with Gasteiger partial charge in [0.05, 0.1) is 23.7 Å². The van der Waals surface area contributed by atoms with Crippen molar-refractivity contribution < 1.29 is 27.5 Å². The third-order valence-electron chi connectivity index (χ3n) is 7.19. The molecule has 0 radical (unpaired) electrons. The molecule has 0 spiro atoms. The summed E-state index contributed by atoms with van der Waals surface area (Å²) in [5, 5.41) is 2.97. The van der Waals surface area contributed by atoms with Crippen molar-refractivity contribution in [3.05, 3.63) is 29.8 Å². The first-order valence-electron chi connectivity index (χ1n) is 12.3. The third kappa shape index (κ3) is 5.79. The zero-order valence-electron chi connectivity index (χ0n) is 19.7. The minimum atomic E-state index is -3.63. The van der Waals surface area contributed by atoms with Crippen LogP contribution >= 0.6 is 0 Å². The number of carbonyl (C=O) groups excluding carboxylic acids is 2. The minimum Gasteiger partial charge on any atom is -0.452 e. The van der Waals surface area contributed by atoms with Crippen LogP contribution in [0.15, 0.2) is 29.2 Å². The second-order valence-corrected chi connectivity index (χ2v) is 11.3. The minimum absolute atomic E-state index is 0.0676. The number of nitrogens with zero attached hydrogens (tertiary/aromatic N) is 2. The van der Waals surface area contributed by atoms with Gasteiger partial charge in [0.25, 0.3) is 5.91 Å². The van der Waals surface area contributed by atoms with E-state index in [1.165, 1.54) is 35.0 Å². The molecule has 3 aliphatic rings. The van der Waals surface area contributed by atoms with E-state index in [-0.39, 0.29) is 21.9 Å². The molecule has 34 heavy (non-hydrogen) atoms. The van der Waals surface area contributed by atoms with Crippen LogP contribution in [0.25, 0.3) is 0 Å². The number of nitrogens with one attached hydrogen (secondary N) is 1. The van der Waals surface area contributed by atoms with Crippen LogP contribution in [0.5, 0.6) is 0 Å². The van der Waals surface area contributed by atoms with Crippen LogP contribution in [-0.2, 0) is 24.3 Å². The molecule has 0 unspecified atom stereocenters. The molecular weight excluding hydrogens is 458 g/mol. The molecule has 3 fully saturated rings. The lowest BCUT2D eigenvalue weighted by Gasteiger charge is -2.48. The molecule has 188 valence electrons. The van der Waals surface area contributed by atoms with E-state index in [9.17, 15) is 18.0 Å². The van der Waals surface area contributed by atoms with Gasteiger partial charge in [-0.3, -0.25) is 9.69 Å². The lowest BCUT2D eigenvalue weighted by atomic mass is 9.79. The van der Waals surface area contributed by atoms with Crippen molar-refractivity contribution in [2.45, 2.75) is 55.4 Å². The van der Waals surface area contributed by atoms with Crippen LogP contribution in [0.3, 0.4) is 0 Å². The Morgan fingerprint density at radius 3 is 2.41 bits per heavy atom. The molecule has 1 aliphatic carbocycles. The summed E-state index contributed by atoms with van der Waals surface area (Å²) < 4.78 is 37.7. The van der Waals surface area contributed by atoms with Crippen LogP contribution in [-0.4, -0.2) is 87.6 Å². The Kier molecular flexibility index (Phi) is 8.23. The van der Waals surface area contributed by atoms with Crippen molar-refractivity contribution in [1.82, 2.24) is 14.5 Å². The average Bonchev–Trinajstić information content (AvgIpc) is 3.43. The first-order valence-corrected chi connectivity index (χ1v) is 13.7. The first kappa shape index (κ1) is 25.1. The highest BCUT2D eigenvalue weighted by Gasteiger charge is 2.38. The van der Waals surface area contributed by atoms with Gasteiger partial charge in [-0.2, -0.15) is 4.31 Å². The summed E-state index contributed by atoms with van der Waals surface area (Å²) in [5.74, 6) is -1.07. The van der Waals surface area contributed by atoms with Gasteiger partial charge in [-0.25, -0.2) is 13.2 Å². The SMILES string of the molecule is O=C(COC(=O)c1cccc(S(=O)(=O)N2CCCC2)c1)NCC1(N2CCOCC2)CCCCC1. The Labute approximate surface area is 201 Å². The maximum atomic E-state index is 12.8. The summed E-state index contributed by atoms with van der Waals surface area (Å²) in [5.41, 5.74) is 0.0464. The van der Waals surface area contributed by atoms with Crippen LogP contribution in [0.4, 0.5) is 0 Å². The van der Waals surface area contributed by atoms with Crippen molar-refractivity contribution in [1.29, 1.82) is 0 Å². The monoisotopic (exact) mass is 493 g/mol. The molecule has 0 bridgehead atoms. The van der Waals surface area contributed by atoms with Gasteiger partial charge in [0, 0.05) is 38.3 Å². The summed E-state index contributed by atoms with van der Waals surface area (Å²) in [7, 11) is -3.63. The van der Waals surface area contributed by atoms with E-state index in [2.05, 4.69) is 10.2 Å². The van der Waals surface area contributed by atoms with Gasteiger partial charge in [-0.1, -0.05) is 25.3 Å². The van der Waals surface area contributed by atoms with E-state index in [1.54, 1.807) is 0 Å². The van der Waals surface area contributed by atoms with E-state index in [1.807, 2.05) is 0 Å². The number of amides is 1. The summed E-state index contributed by atoms with van der Waals surface area (Å²) in [6.07, 6.45) is 7.23. The van der Waals surface area contributed by atoms with Crippen molar-refractivity contribution in [2.24, 2.45) is 0 Å². The number of benzene rings is 1. The summed E-state index contributed by atoms with van der Waals surface area (Å²) in [6, 6.07) is 5.82. The van der Waals surface area contributed by atoms with Crippen molar-refractivity contribution in [3.63, 3.8) is 0 Å². The van der Waals surface area contributed by atoms with Crippen LogP contribution in [0.2, 0.25) is 0 Å². The molecule has 1 N–H and O–H groups in total. The number of esters is 1. The highest BCUT2D eigenvalue weighted by molar-refractivity contribution is 7.89. The molecular formula is C24H35N3O6S. The number of morpholine rings is 1. The topological polar surface area (TPSA) is 105 Å². The summed E-state index contributed by atoms with van der Waals surface area (Å²) in [4.78, 5) is 27.6. The van der Waals surface area contributed by atoms with E-state index in [0.29, 0.717) is 32.8 Å². The molecule has 4 rings (SSSR count). The van der Waals surface area contributed by atoms with E-state index < -0.39 is 22.6 Å². The zero-order chi connectivity index (χ0) is 24.0. The number of carbonyl (C=O) groups is 2. The van der Waals surface area contributed by atoms with Gasteiger partial charge in [0.15, 0.2) is 6.61 Å². The molecule has 1 amide bonds. The fourth-order valence-electron chi connectivity index (χ4n) is 5.24.